The van der Waals surface area contributed by atoms with Gasteiger partial charge in [0.15, 0.2) is 0 Å². The topological polar surface area (TPSA) is 93.8 Å². The van der Waals surface area contributed by atoms with Crippen molar-refractivity contribution in [3.63, 3.8) is 0 Å². The molecule has 0 bridgehead atoms. The van der Waals surface area contributed by atoms with Crippen LogP contribution in [0.5, 0.6) is 0 Å². The van der Waals surface area contributed by atoms with Crippen LogP contribution in [0, 0.1) is 5.41 Å². The minimum atomic E-state index is -1.30. The van der Waals surface area contributed by atoms with Gasteiger partial charge in [-0.05, 0) is 38.0 Å². The molecule has 29 heavy (non-hydrogen) atoms. The zero-order chi connectivity index (χ0) is 21.4. The first-order valence-corrected chi connectivity index (χ1v) is 9.93. The van der Waals surface area contributed by atoms with E-state index in [0.29, 0.717) is 34.8 Å². The van der Waals surface area contributed by atoms with Crippen molar-refractivity contribution in [2.75, 3.05) is 12.3 Å². The van der Waals surface area contributed by atoms with Gasteiger partial charge in [0.2, 0.25) is 0 Å². The summed E-state index contributed by atoms with van der Waals surface area (Å²) in [5.74, 6) is -1.07. The summed E-state index contributed by atoms with van der Waals surface area (Å²) in [5.41, 5.74) is 9.63. The van der Waals surface area contributed by atoms with E-state index in [1.54, 1.807) is 39.0 Å². The van der Waals surface area contributed by atoms with Crippen LogP contribution in [0.25, 0.3) is 0 Å². The smallest absolute Gasteiger partial charge is 0.321 e. The highest BCUT2D eigenvalue weighted by Crippen LogP contribution is 2.29. The lowest BCUT2D eigenvalue weighted by Crippen LogP contribution is -2.45. The van der Waals surface area contributed by atoms with E-state index in [0.717, 1.165) is 5.56 Å². The van der Waals surface area contributed by atoms with Crippen LogP contribution >= 0.6 is 11.6 Å². The summed E-state index contributed by atoms with van der Waals surface area (Å²) >= 11 is 6.15. The number of nitrogens with zero attached hydrogens (tertiary/aromatic N) is 1. The van der Waals surface area contributed by atoms with Crippen LogP contribution in [-0.4, -0.2) is 24.2 Å². The highest BCUT2D eigenvalue weighted by Gasteiger charge is 2.44. The number of esters is 1. The number of amides is 1. The molecule has 0 heterocycles. The van der Waals surface area contributed by atoms with Crippen molar-refractivity contribution in [2.24, 2.45) is 10.5 Å². The average Bonchev–Trinajstić information content (AvgIpc) is 2.73. The Balaban J connectivity index is 2.48. The lowest BCUT2D eigenvalue weighted by atomic mass is 9.81. The van der Waals surface area contributed by atoms with Crippen molar-refractivity contribution in [1.82, 2.24) is 5.43 Å². The molecule has 0 fully saturated rings. The Kier molecular flexibility index (Phi) is 7.79. The summed E-state index contributed by atoms with van der Waals surface area (Å²) in [5, 5.41) is 4.83. The largest absolute Gasteiger partial charge is 0.465 e. The number of carbonyl (C=O) groups is 2. The van der Waals surface area contributed by atoms with Gasteiger partial charge in [-0.2, -0.15) is 5.10 Å². The van der Waals surface area contributed by atoms with E-state index in [2.05, 4.69) is 10.5 Å². The van der Waals surface area contributed by atoms with Crippen molar-refractivity contribution in [2.45, 2.75) is 33.6 Å². The molecule has 0 aliphatic rings. The van der Waals surface area contributed by atoms with Gasteiger partial charge in [-0.3, -0.25) is 9.59 Å². The molecule has 0 spiro atoms. The van der Waals surface area contributed by atoms with E-state index < -0.39 is 17.3 Å². The second-order valence-electron chi connectivity index (χ2n) is 6.51. The number of halogens is 1. The molecule has 2 aromatic rings. The number of nitrogens with one attached hydrogen (secondary N) is 1. The monoisotopic (exact) mass is 415 g/mol. The molecule has 0 radical (unpaired) electrons. The number of rotatable bonds is 8. The number of ether oxygens (including phenoxy) is 1. The highest BCUT2D eigenvalue weighted by atomic mass is 35.5. The van der Waals surface area contributed by atoms with E-state index >= 15 is 0 Å². The molecule has 3 N–H and O–H groups in total. The maximum atomic E-state index is 13.0. The van der Waals surface area contributed by atoms with Crippen molar-refractivity contribution < 1.29 is 14.3 Å². The van der Waals surface area contributed by atoms with Gasteiger partial charge in [-0.1, -0.05) is 55.8 Å². The van der Waals surface area contributed by atoms with Gasteiger partial charge < -0.3 is 10.5 Å². The standard InChI is InChI=1S/C22H26ClN3O3/c1-4-22(5-2,21(28)29-6-3)20(27)26-25-19(15-10-8-7-9-11-15)17-14-16(23)12-13-18(17)24/h7-14H,4-6,24H2,1-3H3,(H,26,27)/b25-19+. The lowest BCUT2D eigenvalue weighted by Gasteiger charge is -2.26. The predicted octanol–water partition coefficient (Wildman–Crippen LogP) is 4.16. The average molecular weight is 416 g/mol. The first-order valence-electron chi connectivity index (χ1n) is 9.55. The molecule has 6 nitrogen and oxygen atoms in total. The van der Waals surface area contributed by atoms with Gasteiger partial charge in [0.25, 0.3) is 5.91 Å². The van der Waals surface area contributed by atoms with Gasteiger partial charge >= 0.3 is 5.97 Å². The fourth-order valence-corrected chi connectivity index (χ4v) is 3.22. The molecule has 154 valence electrons. The fourth-order valence-electron chi connectivity index (χ4n) is 3.05. The van der Waals surface area contributed by atoms with E-state index in [1.807, 2.05) is 30.3 Å². The molecule has 7 heteroatoms. The number of hydrogen-bond acceptors (Lipinski definition) is 5. The summed E-state index contributed by atoms with van der Waals surface area (Å²) in [6, 6.07) is 14.3. The van der Waals surface area contributed by atoms with Gasteiger partial charge in [0, 0.05) is 21.8 Å². The van der Waals surface area contributed by atoms with E-state index in [1.165, 1.54) is 0 Å². The molecule has 0 saturated carbocycles. The van der Waals surface area contributed by atoms with Crippen molar-refractivity contribution in [1.29, 1.82) is 0 Å². The van der Waals surface area contributed by atoms with Crippen LogP contribution in [0.2, 0.25) is 5.02 Å². The quantitative estimate of drug-likeness (QED) is 0.222. The summed E-state index contributed by atoms with van der Waals surface area (Å²) < 4.78 is 5.14. The number of carbonyl (C=O) groups excluding carboxylic acids is 2. The molecule has 0 aromatic heterocycles. The maximum absolute atomic E-state index is 13.0. The minimum absolute atomic E-state index is 0.200. The van der Waals surface area contributed by atoms with Gasteiger partial charge in [-0.25, -0.2) is 5.43 Å². The van der Waals surface area contributed by atoms with E-state index in [9.17, 15) is 9.59 Å². The third-order valence-corrected chi connectivity index (χ3v) is 5.13. The molecule has 0 aliphatic carbocycles. The number of benzene rings is 2. The lowest BCUT2D eigenvalue weighted by molar-refractivity contribution is -0.161. The minimum Gasteiger partial charge on any atom is -0.465 e. The Bertz CT molecular complexity index is 893. The molecular weight excluding hydrogens is 390 g/mol. The molecule has 0 unspecified atom stereocenters. The Morgan fingerprint density at radius 1 is 1.10 bits per heavy atom. The number of hydrogen-bond donors (Lipinski definition) is 2. The van der Waals surface area contributed by atoms with Gasteiger partial charge in [-0.15, -0.1) is 0 Å². The highest BCUT2D eigenvalue weighted by molar-refractivity contribution is 6.31. The second-order valence-corrected chi connectivity index (χ2v) is 6.95. The van der Waals surface area contributed by atoms with Crippen LogP contribution in [0.3, 0.4) is 0 Å². The first-order chi connectivity index (χ1) is 13.9. The van der Waals surface area contributed by atoms with E-state index in [-0.39, 0.29) is 6.61 Å². The predicted molar refractivity (Wildman–Crippen MR) is 116 cm³/mol. The Labute approximate surface area is 176 Å². The van der Waals surface area contributed by atoms with Crippen LogP contribution in [0.15, 0.2) is 53.6 Å². The number of anilines is 1. The van der Waals surface area contributed by atoms with Gasteiger partial charge in [0.05, 0.1) is 12.3 Å². The van der Waals surface area contributed by atoms with Crippen molar-refractivity contribution >= 4 is 34.9 Å². The summed E-state index contributed by atoms with van der Waals surface area (Å²) in [7, 11) is 0. The number of nitrogen functional groups attached to an aromatic ring is 1. The van der Waals surface area contributed by atoms with Crippen molar-refractivity contribution in [3.8, 4) is 0 Å². The molecule has 1 amide bonds. The SMILES string of the molecule is CCOC(=O)C(CC)(CC)C(=O)N/N=C(\c1ccccc1)c1cc(Cl)ccc1N. The first kappa shape index (κ1) is 22.4. The second kappa shape index (κ2) is 10.1. The third-order valence-electron chi connectivity index (χ3n) is 4.89. The zero-order valence-electron chi connectivity index (χ0n) is 16.9. The normalized spacial score (nSPS) is 11.8. The number of nitrogens with two attached hydrogens (primary N) is 1. The third kappa shape index (κ3) is 4.95. The van der Waals surface area contributed by atoms with Crippen LogP contribution in [0.1, 0.15) is 44.7 Å². The summed E-state index contributed by atoms with van der Waals surface area (Å²) in [4.78, 5) is 25.5. The maximum Gasteiger partial charge on any atom is 0.321 e. The van der Waals surface area contributed by atoms with Crippen molar-refractivity contribution in [3.05, 3.63) is 64.7 Å². The van der Waals surface area contributed by atoms with Crippen LogP contribution < -0.4 is 11.2 Å². The Hall–Kier alpha value is -2.86. The molecular formula is C22H26ClN3O3. The molecule has 0 atom stereocenters. The molecule has 0 saturated heterocycles. The number of hydrazone groups is 1. The van der Waals surface area contributed by atoms with E-state index in [4.69, 9.17) is 22.1 Å². The Morgan fingerprint density at radius 3 is 2.34 bits per heavy atom. The Morgan fingerprint density at radius 2 is 1.76 bits per heavy atom. The molecule has 2 rings (SSSR count). The summed E-state index contributed by atoms with van der Waals surface area (Å²) in [6.45, 7) is 5.46. The zero-order valence-corrected chi connectivity index (χ0v) is 17.6. The summed E-state index contributed by atoms with van der Waals surface area (Å²) in [6.07, 6.45) is 0.591. The fraction of sp³-hybridized carbons (Fsp3) is 0.318. The van der Waals surface area contributed by atoms with Crippen LogP contribution in [-0.2, 0) is 14.3 Å². The molecule has 0 aliphatic heterocycles. The molecule has 2 aromatic carbocycles. The van der Waals surface area contributed by atoms with Gasteiger partial charge in [0.1, 0.15) is 5.41 Å². The van der Waals surface area contributed by atoms with Crippen LogP contribution in [0.4, 0.5) is 5.69 Å².